The second-order valence-electron chi connectivity index (χ2n) is 21.7. The van der Waals surface area contributed by atoms with Crippen LogP contribution in [0.3, 0.4) is 0 Å². The summed E-state index contributed by atoms with van der Waals surface area (Å²) in [6.07, 6.45) is -4.51. The van der Waals surface area contributed by atoms with E-state index < -0.39 is 88.3 Å². The van der Waals surface area contributed by atoms with Crippen LogP contribution >= 0.6 is 0 Å². The Morgan fingerprint density at radius 2 is 1.13 bits per heavy atom. The third kappa shape index (κ3) is 13.0. The van der Waals surface area contributed by atoms with Crippen molar-refractivity contribution < 1.29 is 57.1 Å². The summed E-state index contributed by atoms with van der Waals surface area (Å²) in [7, 11) is 0. The van der Waals surface area contributed by atoms with Crippen LogP contribution in [0.4, 0.5) is 0 Å². The number of esters is 5. The zero-order valence-corrected chi connectivity index (χ0v) is 40.3. The lowest BCUT2D eigenvalue weighted by atomic mass is 9.93. The molecule has 0 N–H and O–H groups in total. The molecule has 1 fully saturated rings. The van der Waals surface area contributed by atoms with Gasteiger partial charge in [-0.1, -0.05) is 12.1 Å². The van der Waals surface area contributed by atoms with E-state index in [1.807, 2.05) is 32.0 Å². The number of ether oxygens (including phenoxy) is 7. The Labute approximate surface area is 372 Å². The minimum absolute atomic E-state index is 0.0875. The van der Waals surface area contributed by atoms with Crippen LogP contribution in [0.15, 0.2) is 36.5 Å². The highest BCUT2D eigenvalue weighted by molar-refractivity contribution is 5.85. The molecule has 348 valence electrons. The van der Waals surface area contributed by atoms with E-state index in [9.17, 15) is 24.0 Å². The number of benzene rings is 1. The number of nitrogens with zero attached hydrogens (tertiary/aromatic N) is 3. The normalized spacial score (nSPS) is 19.9. The summed E-state index contributed by atoms with van der Waals surface area (Å²) in [4.78, 5) is 71.7. The molecule has 0 radical (unpaired) electrons. The van der Waals surface area contributed by atoms with Gasteiger partial charge >= 0.3 is 29.8 Å². The van der Waals surface area contributed by atoms with Gasteiger partial charge in [-0.3, -0.25) is 24.0 Å². The van der Waals surface area contributed by atoms with Crippen molar-refractivity contribution in [1.29, 1.82) is 0 Å². The maximum absolute atomic E-state index is 13.8. The molecule has 0 saturated carbocycles. The highest BCUT2D eigenvalue weighted by atomic mass is 16.7. The van der Waals surface area contributed by atoms with Gasteiger partial charge in [0.15, 0.2) is 17.9 Å². The molecule has 1 aliphatic heterocycles. The van der Waals surface area contributed by atoms with Crippen molar-refractivity contribution in [2.45, 2.75) is 167 Å². The van der Waals surface area contributed by atoms with Crippen LogP contribution in [0.5, 0.6) is 11.6 Å². The molecule has 0 amide bonds. The van der Waals surface area contributed by atoms with Crippen LogP contribution in [-0.2, 0) is 60.5 Å². The lowest BCUT2D eigenvalue weighted by Crippen LogP contribution is -2.65. The molecule has 3 aromatic rings. The fourth-order valence-electron chi connectivity index (χ4n) is 5.90. The molecule has 1 aliphatic rings. The van der Waals surface area contributed by atoms with E-state index in [-0.39, 0.29) is 17.9 Å². The van der Waals surface area contributed by atoms with Gasteiger partial charge in [0.25, 0.3) is 0 Å². The fourth-order valence-corrected chi connectivity index (χ4v) is 5.90. The maximum Gasteiger partial charge on any atom is 0.316 e. The molecule has 2 aromatic heterocycles. The number of pyridine rings is 1. The first kappa shape index (κ1) is 50.6. The van der Waals surface area contributed by atoms with Crippen LogP contribution in [0, 0.1) is 27.1 Å². The summed E-state index contributed by atoms with van der Waals surface area (Å²) in [5, 5.41) is 5.42. The molecule has 63 heavy (non-hydrogen) atoms. The van der Waals surface area contributed by atoms with Gasteiger partial charge in [-0.15, -0.1) is 5.10 Å². The molecule has 15 heteroatoms. The number of aryl methyl sites for hydroxylation is 2. The van der Waals surface area contributed by atoms with Gasteiger partial charge in [0.2, 0.25) is 18.3 Å². The van der Waals surface area contributed by atoms with Crippen molar-refractivity contribution >= 4 is 40.9 Å². The predicted octanol–water partition coefficient (Wildman–Crippen LogP) is 8.32. The topological polar surface area (TPSA) is 181 Å². The second-order valence-corrected chi connectivity index (χ2v) is 21.7. The summed E-state index contributed by atoms with van der Waals surface area (Å²) in [6.45, 7) is 28.9. The van der Waals surface area contributed by atoms with Crippen LogP contribution < -0.4 is 9.47 Å². The molecule has 0 bridgehead atoms. The number of carbonyl (C=O) groups is 5. The van der Waals surface area contributed by atoms with Crippen molar-refractivity contribution in [1.82, 2.24) is 14.8 Å². The minimum Gasteiger partial charge on any atom is -0.462 e. The second kappa shape index (κ2) is 19.0. The molecule has 1 saturated heterocycles. The van der Waals surface area contributed by atoms with Gasteiger partial charge in [0.1, 0.15) is 18.5 Å². The van der Waals surface area contributed by atoms with E-state index in [0.717, 1.165) is 11.1 Å². The fraction of sp³-hybridized carbons (Fsp3) is 0.646. The summed E-state index contributed by atoms with van der Waals surface area (Å²) in [6, 6.07) is 9.01. The van der Waals surface area contributed by atoms with E-state index in [1.165, 1.54) is 0 Å². The standard InChI is InChI=1S/C48H69N3O12/c1-27(2)51-36-32(29(24-25-49-36)21-18-28-19-22-30(23-20-28)58-40(53)45(6,7)8)37(50-51)63-38-35(62-43(56)48(15,16)17)34(61-42(55)47(12,13)14)33(60-41(54)46(9,10)11)31(59-38)26-57-39(52)44(3,4)5/h19-20,22-25,27,31,33-35,38H,18,21,26H2,1-17H3/t31-,33-,34+,35-,38+/m1/s1. The Hall–Kier alpha value is -5.05. The van der Waals surface area contributed by atoms with Crippen LogP contribution in [-0.4, -0.2) is 81.9 Å². The van der Waals surface area contributed by atoms with E-state index in [2.05, 4.69) is 4.98 Å². The van der Waals surface area contributed by atoms with Gasteiger partial charge in [-0.2, -0.15) is 0 Å². The number of aromatic nitrogens is 3. The van der Waals surface area contributed by atoms with E-state index in [0.29, 0.717) is 29.6 Å². The molecule has 0 aliphatic carbocycles. The van der Waals surface area contributed by atoms with Crippen molar-refractivity contribution in [2.75, 3.05) is 6.61 Å². The predicted molar refractivity (Wildman–Crippen MR) is 235 cm³/mol. The molecule has 5 atom stereocenters. The maximum atomic E-state index is 13.8. The van der Waals surface area contributed by atoms with Crippen molar-refractivity contribution in [3.8, 4) is 11.6 Å². The van der Waals surface area contributed by atoms with E-state index in [1.54, 1.807) is 127 Å². The van der Waals surface area contributed by atoms with Crippen LogP contribution in [0.2, 0.25) is 0 Å². The summed E-state index contributed by atoms with van der Waals surface area (Å²) >= 11 is 0. The molecule has 15 nitrogen and oxygen atoms in total. The van der Waals surface area contributed by atoms with Crippen LogP contribution in [0.25, 0.3) is 11.0 Å². The SMILES string of the molecule is CC(C)n1nc(O[C@@H]2O[C@H](COC(=O)C(C)(C)C)[C@@H](OC(=O)C(C)(C)C)[C@H](OC(=O)C(C)(C)C)[C@H]2OC(=O)C(C)(C)C)c2c(CCc3ccc(OC(=O)C(C)(C)C)cc3)ccnc21. The van der Waals surface area contributed by atoms with Gasteiger partial charge < -0.3 is 33.2 Å². The van der Waals surface area contributed by atoms with Crippen LogP contribution in [0.1, 0.15) is 135 Å². The van der Waals surface area contributed by atoms with Crippen molar-refractivity contribution in [3.63, 3.8) is 0 Å². The first-order valence-electron chi connectivity index (χ1n) is 21.6. The number of hydrogen-bond acceptors (Lipinski definition) is 14. The van der Waals surface area contributed by atoms with Crippen molar-refractivity contribution in [3.05, 3.63) is 47.7 Å². The van der Waals surface area contributed by atoms with E-state index >= 15 is 0 Å². The molecular formula is C48H69N3O12. The highest BCUT2D eigenvalue weighted by Crippen LogP contribution is 2.38. The van der Waals surface area contributed by atoms with Crippen molar-refractivity contribution in [2.24, 2.45) is 27.1 Å². The lowest BCUT2D eigenvalue weighted by molar-refractivity contribution is -0.294. The third-order valence-corrected chi connectivity index (χ3v) is 9.94. The first-order chi connectivity index (χ1) is 28.8. The molecule has 0 unspecified atom stereocenters. The largest absolute Gasteiger partial charge is 0.462 e. The Balaban J connectivity index is 1.86. The first-order valence-corrected chi connectivity index (χ1v) is 21.6. The zero-order chi connectivity index (χ0) is 47.6. The average molecular weight is 880 g/mol. The molecule has 1 aromatic carbocycles. The molecule has 4 rings (SSSR count). The van der Waals surface area contributed by atoms with Gasteiger partial charge in [-0.05, 0) is 160 Å². The van der Waals surface area contributed by atoms with E-state index in [4.69, 9.17) is 38.3 Å². The summed E-state index contributed by atoms with van der Waals surface area (Å²) in [5.74, 6) is -2.40. The van der Waals surface area contributed by atoms with Gasteiger partial charge in [0.05, 0.1) is 32.5 Å². The average Bonchev–Trinajstić information content (AvgIpc) is 3.52. The van der Waals surface area contributed by atoms with Gasteiger partial charge in [0, 0.05) is 12.2 Å². The quantitative estimate of drug-likeness (QED) is 0.0962. The number of hydrogen-bond donors (Lipinski definition) is 0. The molecule has 3 heterocycles. The van der Waals surface area contributed by atoms with Gasteiger partial charge in [-0.25, -0.2) is 9.67 Å². The highest BCUT2D eigenvalue weighted by Gasteiger charge is 2.56. The monoisotopic (exact) mass is 879 g/mol. The number of fused-ring (bicyclic) bond motifs is 1. The molecule has 0 spiro atoms. The Kier molecular flexibility index (Phi) is 15.2. The Morgan fingerprint density at radius 1 is 0.635 bits per heavy atom. The third-order valence-electron chi connectivity index (χ3n) is 9.94. The minimum atomic E-state index is -1.55. The molecular weight excluding hydrogens is 811 g/mol. The lowest BCUT2D eigenvalue weighted by Gasteiger charge is -2.45. The number of rotatable bonds is 12. The zero-order valence-electron chi connectivity index (χ0n) is 40.3. The number of carbonyl (C=O) groups excluding carboxylic acids is 5. The Bertz CT molecular complexity index is 2120. The smallest absolute Gasteiger partial charge is 0.316 e. The summed E-state index contributed by atoms with van der Waals surface area (Å²) in [5.41, 5.74) is -2.36. The summed E-state index contributed by atoms with van der Waals surface area (Å²) < 4.78 is 44.9. The Morgan fingerprint density at radius 3 is 1.62 bits per heavy atom.